The smallest absolute Gasteiger partial charge is 0.242 e. The Morgan fingerprint density at radius 1 is 1.38 bits per heavy atom. The summed E-state index contributed by atoms with van der Waals surface area (Å²) in [6.45, 7) is 1.75. The van der Waals surface area contributed by atoms with Crippen molar-refractivity contribution in [3.63, 3.8) is 0 Å². The van der Waals surface area contributed by atoms with Gasteiger partial charge >= 0.3 is 0 Å². The summed E-state index contributed by atoms with van der Waals surface area (Å²) < 4.78 is 31.8. The summed E-state index contributed by atoms with van der Waals surface area (Å²) in [4.78, 5) is 1.94. The third-order valence-corrected chi connectivity index (χ3v) is 4.18. The molecular formula is C13H20N4O3S. The van der Waals surface area contributed by atoms with E-state index in [1.165, 1.54) is 18.2 Å². The summed E-state index contributed by atoms with van der Waals surface area (Å²) in [5, 5.41) is 8.73. The van der Waals surface area contributed by atoms with Gasteiger partial charge in [0.05, 0.1) is 30.5 Å². The zero-order valence-electron chi connectivity index (χ0n) is 12.2. The molecule has 0 atom stereocenters. The number of likely N-dealkylation sites (N-methyl/N-ethyl adjacent to an activating group) is 1. The van der Waals surface area contributed by atoms with Crippen molar-refractivity contribution in [1.29, 1.82) is 5.26 Å². The van der Waals surface area contributed by atoms with E-state index in [9.17, 15) is 8.42 Å². The van der Waals surface area contributed by atoms with E-state index in [0.29, 0.717) is 12.2 Å². The molecule has 0 aliphatic heterocycles. The lowest BCUT2D eigenvalue weighted by molar-refractivity contribution is 0.122. The molecule has 0 saturated carbocycles. The monoisotopic (exact) mass is 312 g/mol. The SMILES string of the molecule is CN(C)CCOCCNS(=O)(=O)c1ccc(C#N)cc1N. The molecule has 0 unspecified atom stereocenters. The van der Waals surface area contributed by atoms with Gasteiger partial charge in [-0.2, -0.15) is 5.26 Å². The highest BCUT2D eigenvalue weighted by Gasteiger charge is 2.17. The van der Waals surface area contributed by atoms with Crippen LogP contribution in [0.2, 0.25) is 0 Å². The number of nitrogens with two attached hydrogens (primary N) is 1. The Bertz CT molecular complexity index is 608. The Kier molecular flexibility index (Phi) is 6.58. The maximum atomic E-state index is 12.1. The Morgan fingerprint density at radius 2 is 2.10 bits per heavy atom. The molecule has 1 aromatic carbocycles. The van der Waals surface area contributed by atoms with E-state index in [2.05, 4.69) is 4.72 Å². The second-order valence-corrected chi connectivity index (χ2v) is 6.41. The van der Waals surface area contributed by atoms with Gasteiger partial charge in [0.15, 0.2) is 0 Å². The molecule has 0 aromatic heterocycles. The lowest BCUT2D eigenvalue weighted by Crippen LogP contribution is -2.29. The molecular weight excluding hydrogens is 292 g/mol. The molecule has 0 spiro atoms. The van der Waals surface area contributed by atoms with Gasteiger partial charge in [0.1, 0.15) is 4.90 Å². The van der Waals surface area contributed by atoms with E-state index >= 15 is 0 Å². The number of nitrogen functional groups attached to an aromatic ring is 1. The predicted octanol–water partition coefficient (Wildman–Crippen LogP) is -0.00302. The maximum Gasteiger partial charge on any atom is 0.242 e. The van der Waals surface area contributed by atoms with Crippen LogP contribution in [0.25, 0.3) is 0 Å². The van der Waals surface area contributed by atoms with E-state index in [-0.39, 0.29) is 23.7 Å². The topological polar surface area (TPSA) is 108 Å². The number of ether oxygens (including phenoxy) is 1. The van der Waals surface area contributed by atoms with Crippen molar-refractivity contribution in [2.45, 2.75) is 4.90 Å². The molecule has 0 bridgehead atoms. The summed E-state index contributed by atoms with van der Waals surface area (Å²) in [6.07, 6.45) is 0. The van der Waals surface area contributed by atoms with Crippen molar-refractivity contribution in [2.24, 2.45) is 0 Å². The largest absolute Gasteiger partial charge is 0.398 e. The average Bonchev–Trinajstić information content (AvgIpc) is 2.41. The van der Waals surface area contributed by atoms with Crippen molar-refractivity contribution in [3.05, 3.63) is 23.8 Å². The molecule has 8 heteroatoms. The van der Waals surface area contributed by atoms with Crippen LogP contribution >= 0.6 is 0 Å². The molecule has 0 amide bonds. The van der Waals surface area contributed by atoms with Crippen LogP contribution in [0.15, 0.2) is 23.1 Å². The molecule has 1 aromatic rings. The number of nitrogens with zero attached hydrogens (tertiary/aromatic N) is 2. The fourth-order valence-electron chi connectivity index (χ4n) is 1.54. The van der Waals surface area contributed by atoms with Gasteiger partial charge in [0, 0.05) is 13.1 Å². The highest BCUT2D eigenvalue weighted by Crippen LogP contribution is 2.19. The number of nitrogens with one attached hydrogen (secondary N) is 1. The van der Waals surface area contributed by atoms with Crippen LogP contribution in [0, 0.1) is 11.3 Å². The molecule has 116 valence electrons. The van der Waals surface area contributed by atoms with Gasteiger partial charge in [-0.1, -0.05) is 0 Å². The Balaban J connectivity index is 2.53. The van der Waals surface area contributed by atoms with E-state index < -0.39 is 10.0 Å². The first-order valence-electron chi connectivity index (χ1n) is 6.38. The van der Waals surface area contributed by atoms with Gasteiger partial charge in [0.2, 0.25) is 10.0 Å². The van der Waals surface area contributed by atoms with E-state index in [0.717, 1.165) is 6.54 Å². The molecule has 0 aliphatic carbocycles. The number of benzene rings is 1. The number of hydrogen-bond acceptors (Lipinski definition) is 6. The Hall–Kier alpha value is -1.66. The standard InChI is InChI=1S/C13H20N4O3S/c1-17(2)6-8-20-7-5-16-21(18,19)13-4-3-11(10-14)9-12(13)15/h3-4,9,16H,5-8,15H2,1-2H3. The van der Waals surface area contributed by atoms with E-state index in [1.54, 1.807) is 0 Å². The van der Waals surface area contributed by atoms with Gasteiger partial charge in [-0.3, -0.25) is 0 Å². The Labute approximate surface area is 125 Å². The third-order valence-electron chi connectivity index (χ3n) is 2.65. The van der Waals surface area contributed by atoms with Gasteiger partial charge in [-0.05, 0) is 32.3 Å². The van der Waals surface area contributed by atoms with Gasteiger partial charge in [0.25, 0.3) is 0 Å². The zero-order valence-corrected chi connectivity index (χ0v) is 13.0. The van der Waals surface area contributed by atoms with E-state index in [4.69, 9.17) is 15.7 Å². The summed E-state index contributed by atoms with van der Waals surface area (Å²) in [5.41, 5.74) is 6.03. The minimum atomic E-state index is -3.69. The van der Waals surface area contributed by atoms with Crippen molar-refractivity contribution in [1.82, 2.24) is 9.62 Å². The predicted molar refractivity (Wildman–Crippen MR) is 80.1 cm³/mol. The highest BCUT2D eigenvalue weighted by molar-refractivity contribution is 7.89. The van der Waals surface area contributed by atoms with Crippen molar-refractivity contribution < 1.29 is 13.2 Å². The number of hydrogen-bond donors (Lipinski definition) is 2. The minimum Gasteiger partial charge on any atom is -0.398 e. The van der Waals surface area contributed by atoms with Crippen LogP contribution in [0.1, 0.15) is 5.56 Å². The number of anilines is 1. The average molecular weight is 312 g/mol. The molecule has 0 radical (unpaired) electrons. The molecule has 21 heavy (non-hydrogen) atoms. The lowest BCUT2D eigenvalue weighted by Gasteiger charge is -2.11. The van der Waals surface area contributed by atoms with Crippen LogP contribution in [-0.4, -0.2) is 53.7 Å². The highest BCUT2D eigenvalue weighted by atomic mass is 32.2. The van der Waals surface area contributed by atoms with Gasteiger partial charge in [-0.25, -0.2) is 13.1 Å². The fraction of sp³-hybridized carbons (Fsp3) is 0.462. The first kappa shape index (κ1) is 17.4. The van der Waals surface area contributed by atoms with Crippen LogP contribution in [0.5, 0.6) is 0 Å². The first-order valence-corrected chi connectivity index (χ1v) is 7.87. The second-order valence-electron chi connectivity index (χ2n) is 4.68. The maximum absolute atomic E-state index is 12.1. The summed E-state index contributed by atoms with van der Waals surface area (Å²) in [5.74, 6) is 0. The van der Waals surface area contributed by atoms with Gasteiger partial charge < -0.3 is 15.4 Å². The third kappa shape index (κ3) is 5.69. The van der Waals surface area contributed by atoms with Crippen molar-refractivity contribution in [2.75, 3.05) is 46.1 Å². The van der Waals surface area contributed by atoms with Crippen molar-refractivity contribution >= 4 is 15.7 Å². The molecule has 0 saturated heterocycles. The normalized spacial score (nSPS) is 11.5. The number of rotatable bonds is 8. The minimum absolute atomic E-state index is 0.0326. The van der Waals surface area contributed by atoms with Crippen LogP contribution in [0.3, 0.4) is 0 Å². The molecule has 0 aliphatic rings. The molecule has 0 heterocycles. The van der Waals surface area contributed by atoms with Crippen molar-refractivity contribution in [3.8, 4) is 6.07 Å². The summed E-state index contributed by atoms with van der Waals surface area (Å²) in [7, 11) is 0.166. The molecule has 7 nitrogen and oxygen atoms in total. The number of sulfonamides is 1. The quantitative estimate of drug-likeness (QED) is 0.516. The molecule has 3 N–H and O–H groups in total. The lowest BCUT2D eigenvalue weighted by atomic mass is 10.2. The summed E-state index contributed by atoms with van der Waals surface area (Å²) >= 11 is 0. The fourth-order valence-corrected chi connectivity index (χ4v) is 2.66. The zero-order chi connectivity index (χ0) is 15.9. The summed E-state index contributed by atoms with van der Waals surface area (Å²) in [6, 6.07) is 5.98. The van der Waals surface area contributed by atoms with Crippen LogP contribution in [0.4, 0.5) is 5.69 Å². The number of nitriles is 1. The second kappa shape index (κ2) is 7.95. The molecule has 1 rings (SSSR count). The first-order chi connectivity index (χ1) is 9.86. The van der Waals surface area contributed by atoms with Crippen LogP contribution < -0.4 is 10.5 Å². The van der Waals surface area contributed by atoms with E-state index in [1.807, 2.05) is 25.1 Å². The van der Waals surface area contributed by atoms with Gasteiger partial charge in [-0.15, -0.1) is 0 Å². The van der Waals surface area contributed by atoms with Crippen LogP contribution in [-0.2, 0) is 14.8 Å². The Morgan fingerprint density at radius 3 is 2.67 bits per heavy atom. The molecule has 0 fully saturated rings.